The van der Waals surface area contributed by atoms with Gasteiger partial charge < -0.3 is 4.90 Å². The van der Waals surface area contributed by atoms with Crippen molar-refractivity contribution in [2.24, 2.45) is 4.99 Å². The van der Waals surface area contributed by atoms with Gasteiger partial charge in [0.2, 0.25) is 0 Å². The minimum Gasteiger partial charge on any atom is -0.336 e. The summed E-state index contributed by atoms with van der Waals surface area (Å²) in [6, 6.07) is 10.0. The third-order valence-corrected chi connectivity index (χ3v) is 1.51. The Hall–Kier alpha value is -1.57. The maximum atomic E-state index is 3.91. The summed E-state index contributed by atoms with van der Waals surface area (Å²) in [6.45, 7) is 3.50. The predicted molar refractivity (Wildman–Crippen MR) is 53.5 cm³/mol. The fraction of sp³-hybridized carbons (Fsp3) is 0.100. The molecule has 1 rings (SSSR count). The number of aliphatic imine (C=N–C) groups is 1. The Balaban J connectivity index is 2.71. The van der Waals surface area contributed by atoms with Crippen LogP contribution in [0.3, 0.4) is 0 Å². The van der Waals surface area contributed by atoms with Crippen molar-refractivity contribution in [3.05, 3.63) is 43.1 Å². The molecule has 0 aliphatic rings. The third kappa shape index (κ3) is 2.23. The maximum Gasteiger partial charge on any atom is 0.0946 e. The normalized spacial score (nSPS) is 10.1. The smallest absolute Gasteiger partial charge is 0.0946 e. The van der Waals surface area contributed by atoms with Gasteiger partial charge in [0.15, 0.2) is 0 Å². The Kier molecular flexibility index (Phi) is 3.08. The van der Waals surface area contributed by atoms with Gasteiger partial charge in [-0.15, -0.1) is 0 Å². The van der Waals surface area contributed by atoms with E-state index in [1.54, 1.807) is 6.34 Å². The van der Waals surface area contributed by atoms with Crippen molar-refractivity contribution >= 4 is 12.0 Å². The van der Waals surface area contributed by atoms with E-state index in [0.717, 1.165) is 5.69 Å². The third-order valence-electron chi connectivity index (χ3n) is 1.51. The van der Waals surface area contributed by atoms with E-state index in [4.69, 9.17) is 0 Å². The van der Waals surface area contributed by atoms with Crippen LogP contribution in [0, 0.1) is 0 Å². The first kappa shape index (κ1) is 8.53. The molecule has 12 heavy (non-hydrogen) atoms. The van der Waals surface area contributed by atoms with E-state index in [2.05, 4.69) is 11.6 Å². The highest BCUT2D eigenvalue weighted by Gasteiger charge is 1.92. The molecule has 2 heteroatoms. The average molecular weight is 160 g/mol. The fourth-order valence-corrected chi connectivity index (χ4v) is 0.877. The number of para-hydroxylation sites is 1. The first-order chi connectivity index (χ1) is 5.84. The molecule has 0 radical (unpaired) electrons. The van der Waals surface area contributed by atoms with Crippen LogP contribution in [-0.4, -0.2) is 13.4 Å². The highest BCUT2D eigenvalue weighted by Crippen LogP contribution is 2.08. The Morgan fingerprint density at radius 1 is 1.33 bits per heavy atom. The molecule has 0 N–H and O–H groups in total. The SMILES string of the molecule is C=C/N=C/N(C)c1ccccc1. The molecule has 0 saturated heterocycles. The van der Waals surface area contributed by atoms with Gasteiger partial charge >= 0.3 is 0 Å². The molecule has 0 atom stereocenters. The summed E-state index contributed by atoms with van der Waals surface area (Å²) in [6.07, 6.45) is 3.24. The summed E-state index contributed by atoms with van der Waals surface area (Å²) >= 11 is 0. The highest BCUT2D eigenvalue weighted by atomic mass is 15.1. The quantitative estimate of drug-likeness (QED) is 0.489. The molecular formula is C10H12N2. The van der Waals surface area contributed by atoms with Crippen molar-refractivity contribution in [3.63, 3.8) is 0 Å². The van der Waals surface area contributed by atoms with Gasteiger partial charge in [-0.05, 0) is 12.1 Å². The summed E-state index contributed by atoms with van der Waals surface area (Å²) in [5.74, 6) is 0. The highest BCUT2D eigenvalue weighted by molar-refractivity contribution is 5.78. The standard InChI is InChI=1S/C10H12N2/c1-3-11-9-12(2)10-7-5-4-6-8-10/h3-9H,1H2,2H3/b11-9+. The van der Waals surface area contributed by atoms with Gasteiger partial charge in [-0.3, -0.25) is 0 Å². The number of benzene rings is 1. The van der Waals surface area contributed by atoms with E-state index >= 15 is 0 Å². The maximum absolute atomic E-state index is 3.91. The molecule has 1 aromatic rings. The summed E-state index contributed by atoms with van der Waals surface area (Å²) in [5, 5.41) is 0. The molecule has 0 aromatic heterocycles. The molecule has 0 spiro atoms. The number of nitrogens with zero attached hydrogens (tertiary/aromatic N) is 2. The number of rotatable bonds is 3. The lowest BCUT2D eigenvalue weighted by molar-refractivity contribution is 1.29. The van der Waals surface area contributed by atoms with Gasteiger partial charge in [-0.1, -0.05) is 24.8 Å². The van der Waals surface area contributed by atoms with E-state index in [-0.39, 0.29) is 0 Å². The zero-order chi connectivity index (χ0) is 8.81. The van der Waals surface area contributed by atoms with Gasteiger partial charge in [-0.2, -0.15) is 0 Å². The molecule has 0 aliphatic heterocycles. The first-order valence-corrected chi connectivity index (χ1v) is 3.76. The zero-order valence-corrected chi connectivity index (χ0v) is 7.14. The molecular weight excluding hydrogens is 148 g/mol. The summed E-state index contributed by atoms with van der Waals surface area (Å²) in [7, 11) is 1.95. The van der Waals surface area contributed by atoms with Crippen LogP contribution >= 0.6 is 0 Å². The topological polar surface area (TPSA) is 15.6 Å². The second kappa shape index (κ2) is 4.34. The predicted octanol–water partition coefficient (Wildman–Crippen LogP) is 2.29. The van der Waals surface area contributed by atoms with Crippen molar-refractivity contribution in [3.8, 4) is 0 Å². The van der Waals surface area contributed by atoms with Crippen molar-refractivity contribution in [1.29, 1.82) is 0 Å². The lowest BCUT2D eigenvalue weighted by atomic mass is 10.3. The van der Waals surface area contributed by atoms with Gasteiger partial charge in [-0.25, -0.2) is 4.99 Å². The monoisotopic (exact) mass is 160 g/mol. The summed E-state index contributed by atoms with van der Waals surface area (Å²) in [4.78, 5) is 5.85. The summed E-state index contributed by atoms with van der Waals surface area (Å²) in [5.41, 5.74) is 1.11. The molecule has 0 saturated carbocycles. The molecule has 0 bridgehead atoms. The number of hydrogen-bond donors (Lipinski definition) is 0. The van der Waals surface area contributed by atoms with Gasteiger partial charge in [0, 0.05) is 18.9 Å². The van der Waals surface area contributed by atoms with Crippen molar-refractivity contribution < 1.29 is 0 Å². The lowest BCUT2D eigenvalue weighted by Crippen LogP contribution is -2.13. The van der Waals surface area contributed by atoms with E-state index in [1.165, 1.54) is 6.20 Å². The Bertz CT molecular complexity index is 264. The van der Waals surface area contributed by atoms with Crippen LogP contribution in [0.1, 0.15) is 0 Å². The minimum atomic E-state index is 1.11. The zero-order valence-electron chi connectivity index (χ0n) is 7.14. The minimum absolute atomic E-state index is 1.11. The van der Waals surface area contributed by atoms with Crippen LogP contribution in [0.5, 0.6) is 0 Å². The van der Waals surface area contributed by atoms with E-state index in [0.29, 0.717) is 0 Å². The molecule has 0 amide bonds. The number of anilines is 1. The van der Waals surface area contributed by atoms with Crippen LogP contribution in [0.15, 0.2) is 48.1 Å². The van der Waals surface area contributed by atoms with Crippen molar-refractivity contribution in [2.45, 2.75) is 0 Å². The van der Waals surface area contributed by atoms with Crippen molar-refractivity contribution in [1.82, 2.24) is 0 Å². The molecule has 0 fully saturated rings. The molecule has 1 aromatic carbocycles. The molecule has 62 valence electrons. The second-order valence-corrected chi connectivity index (χ2v) is 2.39. The van der Waals surface area contributed by atoms with E-state index in [9.17, 15) is 0 Å². The van der Waals surface area contributed by atoms with E-state index in [1.807, 2.05) is 42.3 Å². The second-order valence-electron chi connectivity index (χ2n) is 2.39. The lowest BCUT2D eigenvalue weighted by Gasteiger charge is -2.11. The van der Waals surface area contributed by atoms with Crippen molar-refractivity contribution in [2.75, 3.05) is 11.9 Å². The molecule has 2 nitrogen and oxygen atoms in total. The summed E-state index contributed by atoms with van der Waals surface area (Å²) < 4.78 is 0. The first-order valence-electron chi connectivity index (χ1n) is 3.76. The average Bonchev–Trinajstić information content (AvgIpc) is 2.15. The number of hydrogen-bond acceptors (Lipinski definition) is 1. The van der Waals surface area contributed by atoms with Gasteiger partial charge in [0.05, 0.1) is 6.34 Å². The largest absolute Gasteiger partial charge is 0.336 e. The molecule has 0 unspecified atom stereocenters. The Labute approximate surface area is 72.9 Å². The Morgan fingerprint density at radius 2 is 2.00 bits per heavy atom. The van der Waals surface area contributed by atoms with Crippen LogP contribution in [-0.2, 0) is 0 Å². The van der Waals surface area contributed by atoms with Gasteiger partial charge in [0.1, 0.15) is 0 Å². The van der Waals surface area contributed by atoms with Crippen LogP contribution in [0.2, 0.25) is 0 Å². The van der Waals surface area contributed by atoms with Gasteiger partial charge in [0.25, 0.3) is 0 Å². The fourth-order valence-electron chi connectivity index (χ4n) is 0.877. The van der Waals surface area contributed by atoms with Crippen LogP contribution in [0.25, 0.3) is 0 Å². The van der Waals surface area contributed by atoms with Crippen LogP contribution in [0.4, 0.5) is 5.69 Å². The molecule has 0 heterocycles. The van der Waals surface area contributed by atoms with Crippen LogP contribution < -0.4 is 4.90 Å². The molecule has 0 aliphatic carbocycles. The Morgan fingerprint density at radius 3 is 2.58 bits per heavy atom. The van der Waals surface area contributed by atoms with E-state index < -0.39 is 0 Å².